The average Bonchev–Trinajstić information content (AvgIpc) is 2.92. The monoisotopic (exact) mass is 344 g/mol. The summed E-state index contributed by atoms with van der Waals surface area (Å²) in [5.74, 6) is 0.496. The Morgan fingerprint density at radius 3 is 2.76 bits per heavy atom. The van der Waals surface area contributed by atoms with Gasteiger partial charge in [-0.3, -0.25) is 4.79 Å². The Hall–Kier alpha value is -2.48. The second-order valence-corrected chi connectivity index (χ2v) is 6.66. The molecule has 0 radical (unpaired) electrons. The van der Waals surface area contributed by atoms with Crippen molar-refractivity contribution in [3.05, 3.63) is 35.5 Å². The van der Waals surface area contributed by atoms with Crippen LogP contribution in [0.25, 0.3) is 0 Å². The van der Waals surface area contributed by atoms with Gasteiger partial charge >= 0.3 is 6.01 Å². The maximum absolute atomic E-state index is 12.6. The molecule has 25 heavy (non-hydrogen) atoms. The summed E-state index contributed by atoms with van der Waals surface area (Å²) in [7, 11) is 0. The molecule has 1 amide bonds. The van der Waals surface area contributed by atoms with Crippen LogP contribution < -0.4 is 4.74 Å². The van der Waals surface area contributed by atoms with Gasteiger partial charge in [-0.1, -0.05) is 5.16 Å². The highest BCUT2D eigenvalue weighted by atomic mass is 16.5. The van der Waals surface area contributed by atoms with Gasteiger partial charge in [0.15, 0.2) is 0 Å². The predicted octanol–water partition coefficient (Wildman–Crippen LogP) is 1.53. The number of carbonyl (C=O) groups is 1. The van der Waals surface area contributed by atoms with E-state index in [0.29, 0.717) is 42.7 Å². The van der Waals surface area contributed by atoms with Gasteiger partial charge in [-0.25, -0.2) is 9.97 Å². The van der Waals surface area contributed by atoms with Crippen molar-refractivity contribution in [2.75, 3.05) is 19.7 Å². The lowest BCUT2D eigenvalue weighted by Crippen LogP contribution is -2.67. The lowest BCUT2D eigenvalue weighted by molar-refractivity contribution is -0.174. The Bertz CT molecular complexity index is 751. The highest BCUT2D eigenvalue weighted by molar-refractivity contribution is 5.96. The summed E-state index contributed by atoms with van der Waals surface area (Å²) in [4.78, 5) is 22.6. The third kappa shape index (κ3) is 2.97. The second kappa shape index (κ2) is 6.11. The van der Waals surface area contributed by atoms with Crippen LogP contribution in [0, 0.1) is 13.8 Å². The van der Waals surface area contributed by atoms with Gasteiger partial charge in [-0.2, -0.15) is 0 Å². The Morgan fingerprint density at radius 1 is 1.32 bits per heavy atom. The minimum Gasteiger partial charge on any atom is -0.460 e. The van der Waals surface area contributed by atoms with Gasteiger partial charge in [0, 0.05) is 25.2 Å². The third-order valence-electron chi connectivity index (χ3n) is 4.75. The first-order valence-corrected chi connectivity index (χ1v) is 8.36. The summed E-state index contributed by atoms with van der Waals surface area (Å²) in [6, 6.07) is 2.13. The molecule has 8 heteroatoms. The van der Waals surface area contributed by atoms with E-state index in [1.54, 1.807) is 37.2 Å². The van der Waals surface area contributed by atoms with Crippen LogP contribution in [0.3, 0.4) is 0 Å². The van der Waals surface area contributed by atoms with Gasteiger partial charge in [0.2, 0.25) is 0 Å². The van der Waals surface area contributed by atoms with Gasteiger partial charge in [-0.05, 0) is 19.9 Å². The molecule has 2 aromatic rings. The second-order valence-electron chi connectivity index (χ2n) is 6.66. The van der Waals surface area contributed by atoms with Gasteiger partial charge in [0.05, 0.1) is 25.4 Å². The number of hydrogen-bond donors (Lipinski definition) is 0. The first-order chi connectivity index (χ1) is 12.1. The highest BCUT2D eigenvalue weighted by Gasteiger charge is 2.50. The molecule has 0 bridgehead atoms. The van der Waals surface area contributed by atoms with Crippen LogP contribution in [-0.2, 0) is 4.74 Å². The maximum atomic E-state index is 12.6. The van der Waals surface area contributed by atoms with E-state index in [4.69, 9.17) is 14.0 Å². The Kier molecular flexibility index (Phi) is 3.91. The largest absolute Gasteiger partial charge is 0.460 e. The first-order valence-electron chi connectivity index (χ1n) is 8.36. The van der Waals surface area contributed by atoms with Gasteiger partial charge < -0.3 is 18.9 Å². The molecule has 2 aliphatic heterocycles. The number of aromatic nitrogens is 3. The van der Waals surface area contributed by atoms with Crippen molar-refractivity contribution in [1.82, 2.24) is 20.0 Å². The van der Waals surface area contributed by atoms with Gasteiger partial charge in [0.1, 0.15) is 23.0 Å². The van der Waals surface area contributed by atoms with Crippen LogP contribution in [0.1, 0.15) is 34.7 Å². The molecule has 2 aliphatic rings. The van der Waals surface area contributed by atoms with Crippen molar-refractivity contribution >= 4 is 5.91 Å². The van der Waals surface area contributed by atoms with Crippen LogP contribution in [0.5, 0.6) is 6.01 Å². The SMILES string of the molecule is Cc1noc(C)c1C(=O)N1CC2(CC(Oc3ncccn3)CCO2)C1. The normalized spacial score (nSPS) is 21.8. The van der Waals surface area contributed by atoms with Crippen molar-refractivity contribution in [1.29, 1.82) is 0 Å². The number of ether oxygens (including phenoxy) is 2. The average molecular weight is 344 g/mol. The van der Waals surface area contributed by atoms with E-state index in [1.165, 1.54) is 0 Å². The molecule has 1 atom stereocenters. The highest BCUT2D eigenvalue weighted by Crippen LogP contribution is 2.36. The zero-order valence-electron chi connectivity index (χ0n) is 14.3. The van der Waals surface area contributed by atoms with E-state index in [-0.39, 0.29) is 17.6 Å². The van der Waals surface area contributed by atoms with Crippen molar-refractivity contribution in [2.24, 2.45) is 0 Å². The molecule has 0 aromatic carbocycles. The lowest BCUT2D eigenvalue weighted by atomic mass is 9.84. The summed E-state index contributed by atoms with van der Waals surface area (Å²) in [6.07, 6.45) is 4.82. The Balaban J connectivity index is 1.39. The topological polar surface area (TPSA) is 90.6 Å². The lowest BCUT2D eigenvalue weighted by Gasteiger charge is -2.52. The van der Waals surface area contributed by atoms with Crippen molar-refractivity contribution in [2.45, 2.75) is 38.4 Å². The van der Waals surface area contributed by atoms with E-state index in [2.05, 4.69) is 15.1 Å². The summed E-state index contributed by atoms with van der Waals surface area (Å²) in [6.45, 7) is 5.23. The summed E-state index contributed by atoms with van der Waals surface area (Å²) < 4.78 is 16.9. The molecule has 132 valence electrons. The molecule has 0 N–H and O–H groups in total. The first kappa shape index (κ1) is 16.0. The van der Waals surface area contributed by atoms with Crippen LogP contribution in [0.4, 0.5) is 0 Å². The fraction of sp³-hybridized carbons (Fsp3) is 0.529. The number of hydrogen-bond acceptors (Lipinski definition) is 7. The van der Waals surface area contributed by atoms with Crippen LogP contribution in [-0.4, -0.2) is 57.3 Å². The molecule has 4 heterocycles. The quantitative estimate of drug-likeness (QED) is 0.834. The molecule has 2 fully saturated rings. The van der Waals surface area contributed by atoms with Crippen LogP contribution in [0.15, 0.2) is 23.0 Å². The number of amides is 1. The zero-order valence-corrected chi connectivity index (χ0v) is 14.3. The predicted molar refractivity (Wildman–Crippen MR) is 86.2 cm³/mol. The standard InChI is InChI=1S/C17H20N4O4/c1-11-14(12(2)25-20-11)15(22)21-9-17(10-21)8-13(4-7-23-17)24-16-18-5-3-6-19-16/h3,5-6,13H,4,7-10H2,1-2H3. The van der Waals surface area contributed by atoms with Gasteiger partial charge in [0.25, 0.3) is 5.91 Å². The van der Waals surface area contributed by atoms with E-state index < -0.39 is 0 Å². The van der Waals surface area contributed by atoms with Crippen molar-refractivity contribution < 1.29 is 18.8 Å². The van der Waals surface area contributed by atoms with Gasteiger partial charge in [-0.15, -0.1) is 0 Å². The number of carbonyl (C=O) groups excluding carboxylic acids is 1. The van der Waals surface area contributed by atoms with Crippen LogP contribution in [0.2, 0.25) is 0 Å². The van der Waals surface area contributed by atoms with E-state index in [0.717, 1.165) is 12.8 Å². The maximum Gasteiger partial charge on any atom is 0.316 e. The number of likely N-dealkylation sites (tertiary alicyclic amines) is 1. The van der Waals surface area contributed by atoms with E-state index in [1.807, 2.05) is 0 Å². The Labute approximate surface area is 145 Å². The number of aryl methyl sites for hydroxylation is 2. The molecular formula is C17H20N4O4. The zero-order chi connectivity index (χ0) is 17.4. The van der Waals surface area contributed by atoms with E-state index >= 15 is 0 Å². The molecule has 2 aromatic heterocycles. The number of rotatable bonds is 3. The molecule has 2 saturated heterocycles. The van der Waals surface area contributed by atoms with Crippen molar-refractivity contribution in [3.63, 3.8) is 0 Å². The molecule has 4 rings (SSSR count). The fourth-order valence-corrected chi connectivity index (χ4v) is 3.54. The van der Waals surface area contributed by atoms with Crippen LogP contribution >= 0.6 is 0 Å². The minimum atomic E-state index is -0.341. The molecule has 1 unspecified atom stereocenters. The summed E-state index contributed by atoms with van der Waals surface area (Å²) >= 11 is 0. The van der Waals surface area contributed by atoms with E-state index in [9.17, 15) is 4.79 Å². The minimum absolute atomic E-state index is 0.00698. The molecule has 0 aliphatic carbocycles. The molecule has 8 nitrogen and oxygen atoms in total. The third-order valence-corrected chi connectivity index (χ3v) is 4.75. The molecule has 0 saturated carbocycles. The summed E-state index contributed by atoms with van der Waals surface area (Å²) in [5.41, 5.74) is 0.832. The van der Waals surface area contributed by atoms with Crippen molar-refractivity contribution in [3.8, 4) is 6.01 Å². The summed E-state index contributed by atoms with van der Waals surface area (Å²) in [5, 5.41) is 3.85. The fourth-order valence-electron chi connectivity index (χ4n) is 3.54. The smallest absolute Gasteiger partial charge is 0.316 e. The Morgan fingerprint density at radius 2 is 2.08 bits per heavy atom. The molecule has 1 spiro atoms. The number of nitrogens with zero attached hydrogens (tertiary/aromatic N) is 4. The molecular weight excluding hydrogens is 324 g/mol.